The number of fused-ring (bicyclic) bond motifs is 5. The predicted molar refractivity (Wildman–Crippen MR) is 135 cm³/mol. The number of rotatable bonds is 3. The molecule has 0 aliphatic heterocycles. The van der Waals surface area contributed by atoms with Crippen molar-refractivity contribution in [1.29, 1.82) is 0 Å². The maximum atomic E-state index is 13.4. The molecule has 0 bridgehead atoms. The maximum absolute atomic E-state index is 13.4. The number of nitrogens with one attached hydrogen (secondary N) is 3. The average molecular weight is 457 g/mol. The van der Waals surface area contributed by atoms with Gasteiger partial charge in [-0.1, -0.05) is 42.5 Å². The van der Waals surface area contributed by atoms with Crippen LogP contribution in [-0.2, 0) is 0 Å². The highest BCUT2D eigenvalue weighted by atomic mass is 16.2. The van der Waals surface area contributed by atoms with Crippen molar-refractivity contribution in [3.8, 4) is 22.5 Å². The second-order valence-electron chi connectivity index (χ2n) is 8.59. The monoisotopic (exact) mass is 457 g/mol. The van der Waals surface area contributed by atoms with Crippen molar-refractivity contribution < 1.29 is 4.79 Å². The molecule has 0 spiro atoms. The predicted octanol–water partition coefficient (Wildman–Crippen LogP) is 4.58. The van der Waals surface area contributed by atoms with Crippen LogP contribution in [0, 0.1) is 0 Å². The van der Waals surface area contributed by atoms with E-state index in [-0.39, 0.29) is 11.9 Å². The fourth-order valence-corrected chi connectivity index (χ4v) is 5.02. The summed E-state index contributed by atoms with van der Waals surface area (Å²) in [5.41, 5.74) is 14.5. The zero-order valence-corrected chi connectivity index (χ0v) is 18.4. The van der Waals surface area contributed by atoms with Crippen molar-refractivity contribution >= 4 is 33.7 Å². The molecule has 3 aromatic carbocycles. The first-order valence-electron chi connectivity index (χ1n) is 11.2. The van der Waals surface area contributed by atoms with E-state index in [0.717, 1.165) is 44.7 Å². The minimum absolute atomic E-state index is 0.255. The molecule has 8 nitrogen and oxygen atoms in total. The van der Waals surface area contributed by atoms with Crippen molar-refractivity contribution in [1.82, 2.24) is 30.2 Å². The third-order valence-corrected chi connectivity index (χ3v) is 6.55. The number of anilines is 1. The lowest BCUT2D eigenvalue weighted by Gasteiger charge is -2.16. The number of hydrogen-bond donors (Lipinski definition) is 4. The third-order valence-electron chi connectivity index (χ3n) is 6.55. The highest BCUT2D eigenvalue weighted by Crippen LogP contribution is 2.47. The Morgan fingerprint density at radius 2 is 1.80 bits per heavy atom. The number of carbonyl (C=O) groups excluding carboxylic acids is 1. The lowest BCUT2D eigenvalue weighted by atomic mass is 9.99. The molecule has 168 valence electrons. The summed E-state index contributed by atoms with van der Waals surface area (Å²) >= 11 is 0. The highest BCUT2D eigenvalue weighted by Gasteiger charge is 2.33. The van der Waals surface area contributed by atoms with Crippen LogP contribution in [0.25, 0.3) is 44.6 Å². The molecule has 7 rings (SSSR count). The molecule has 1 aliphatic carbocycles. The molecule has 3 aromatic heterocycles. The van der Waals surface area contributed by atoms with Gasteiger partial charge in [0, 0.05) is 17.4 Å². The normalized spacial score (nSPS) is 14.2. The SMILES string of the molecule is Nc1ccc2nc(-c3cccc4c3-c3ccccc3[C@H]4NC(=O)c3ncnc4[nH]ccc34)[nH]c2c1. The summed E-state index contributed by atoms with van der Waals surface area (Å²) in [4.78, 5) is 33.1. The van der Waals surface area contributed by atoms with E-state index in [4.69, 9.17) is 10.7 Å². The van der Waals surface area contributed by atoms with Crippen molar-refractivity contribution in [2.75, 3.05) is 5.73 Å². The molecule has 3 heterocycles. The van der Waals surface area contributed by atoms with Gasteiger partial charge in [0.05, 0.1) is 22.5 Å². The van der Waals surface area contributed by atoms with Crippen LogP contribution >= 0.6 is 0 Å². The van der Waals surface area contributed by atoms with Gasteiger partial charge in [-0.3, -0.25) is 4.79 Å². The standard InChI is InChI=1S/C27H19N7O/c28-14-8-9-20-21(12-14)33-26(32-20)18-7-3-6-17-22(18)15-4-1-2-5-16(15)23(17)34-27(35)24-19-10-11-29-25(19)31-13-30-24/h1-13,23H,28H2,(H,32,33)(H,34,35)(H,29,30,31)/t23-/m1/s1. The number of aromatic amines is 2. The Labute approximate surface area is 199 Å². The number of amides is 1. The molecule has 0 saturated carbocycles. The topological polar surface area (TPSA) is 125 Å². The molecule has 5 N–H and O–H groups in total. The van der Waals surface area contributed by atoms with Crippen LogP contribution in [0.2, 0.25) is 0 Å². The number of hydrogen-bond acceptors (Lipinski definition) is 5. The van der Waals surface area contributed by atoms with Crippen molar-refractivity contribution in [3.63, 3.8) is 0 Å². The zero-order valence-electron chi connectivity index (χ0n) is 18.4. The minimum Gasteiger partial charge on any atom is -0.399 e. The molecule has 1 amide bonds. The summed E-state index contributed by atoms with van der Waals surface area (Å²) in [6.07, 6.45) is 3.15. The van der Waals surface area contributed by atoms with E-state index >= 15 is 0 Å². The van der Waals surface area contributed by atoms with Crippen LogP contribution in [0.15, 0.2) is 79.3 Å². The smallest absolute Gasteiger partial charge is 0.271 e. The van der Waals surface area contributed by atoms with Crippen LogP contribution in [0.4, 0.5) is 5.69 Å². The van der Waals surface area contributed by atoms with Crippen molar-refractivity contribution in [2.45, 2.75) is 6.04 Å². The van der Waals surface area contributed by atoms with Gasteiger partial charge >= 0.3 is 0 Å². The van der Waals surface area contributed by atoms with E-state index in [1.165, 1.54) is 6.33 Å². The van der Waals surface area contributed by atoms with Gasteiger partial charge in [0.15, 0.2) is 0 Å². The molecule has 8 heteroatoms. The fraction of sp³-hybridized carbons (Fsp3) is 0.0370. The van der Waals surface area contributed by atoms with Gasteiger partial charge in [-0.25, -0.2) is 15.0 Å². The van der Waals surface area contributed by atoms with Crippen LogP contribution < -0.4 is 11.1 Å². The molecule has 6 aromatic rings. The van der Waals surface area contributed by atoms with Gasteiger partial charge in [0.1, 0.15) is 23.5 Å². The van der Waals surface area contributed by atoms with Gasteiger partial charge < -0.3 is 21.0 Å². The molecular weight excluding hydrogens is 438 g/mol. The second-order valence-corrected chi connectivity index (χ2v) is 8.59. The minimum atomic E-state index is -0.322. The summed E-state index contributed by atoms with van der Waals surface area (Å²) in [7, 11) is 0. The number of aromatic nitrogens is 5. The van der Waals surface area contributed by atoms with Crippen molar-refractivity contribution in [3.05, 3.63) is 96.1 Å². The Bertz CT molecular complexity index is 1780. The molecule has 35 heavy (non-hydrogen) atoms. The van der Waals surface area contributed by atoms with Gasteiger partial charge in [0.2, 0.25) is 0 Å². The first kappa shape index (κ1) is 19.5. The summed E-state index contributed by atoms with van der Waals surface area (Å²) < 4.78 is 0. The Kier molecular flexibility index (Phi) is 4.04. The van der Waals surface area contributed by atoms with E-state index in [1.807, 2.05) is 42.5 Å². The summed E-state index contributed by atoms with van der Waals surface area (Å²) in [6, 6.07) is 21.4. The molecule has 0 unspecified atom stereocenters. The number of carbonyl (C=O) groups is 1. The summed E-state index contributed by atoms with van der Waals surface area (Å²) in [5, 5.41) is 3.90. The Hall–Kier alpha value is -4.98. The van der Waals surface area contributed by atoms with E-state index in [9.17, 15) is 4.79 Å². The Balaban J connectivity index is 1.36. The molecule has 0 saturated heterocycles. The van der Waals surface area contributed by atoms with Crippen LogP contribution in [0.3, 0.4) is 0 Å². The van der Waals surface area contributed by atoms with Gasteiger partial charge in [-0.05, 0) is 46.5 Å². The molecular formula is C27H19N7O. The number of nitrogens with two attached hydrogens (primary N) is 1. The lowest BCUT2D eigenvalue weighted by molar-refractivity contribution is 0.0940. The highest BCUT2D eigenvalue weighted by molar-refractivity contribution is 6.04. The molecule has 0 fully saturated rings. The summed E-state index contributed by atoms with van der Waals surface area (Å²) in [6.45, 7) is 0. The average Bonchev–Trinajstić information content (AvgIpc) is 3.60. The largest absolute Gasteiger partial charge is 0.399 e. The number of imidazole rings is 1. The van der Waals surface area contributed by atoms with Gasteiger partial charge in [-0.15, -0.1) is 0 Å². The van der Waals surface area contributed by atoms with E-state index in [2.05, 4.69) is 49.5 Å². The fourth-order valence-electron chi connectivity index (χ4n) is 5.02. The number of nitrogens with zero attached hydrogens (tertiary/aromatic N) is 3. The number of benzene rings is 3. The molecule has 1 atom stereocenters. The van der Waals surface area contributed by atoms with Crippen molar-refractivity contribution in [2.24, 2.45) is 0 Å². The zero-order chi connectivity index (χ0) is 23.5. The van der Waals surface area contributed by atoms with E-state index < -0.39 is 0 Å². The van der Waals surface area contributed by atoms with Crippen LogP contribution in [-0.4, -0.2) is 30.8 Å². The maximum Gasteiger partial charge on any atom is 0.271 e. The number of nitrogen functional groups attached to an aromatic ring is 1. The Morgan fingerprint density at radius 1 is 0.943 bits per heavy atom. The number of H-pyrrole nitrogens is 2. The van der Waals surface area contributed by atoms with Crippen LogP contribution in [0.1, 0.15) is 27.7 Å². The van der Waals surface area contributed by atoms with Gasteiger partial charge in [0.25, 0.3) is 5.91 Å². The first-order chi connectivity index (χ1) is 17.2. The van der Waals surface area contributed by atoms with Crippen LogP contribution in [0.5, 0.6) is 0 Å². The first-order valence-corrected chi connectivity index (χ1v) is 11.2. The van der Waals surface area contributed by atoms with Gasteiger partial charge in [-0.2, -0.15) is 0 Å². The lowest BCUT2D eigenvalue weighted by Crippen LogP contribution is -2.29. The molecule has 0 radical (unpaired) electrons. The van der Waals surface area contributed by atoms with E-state index in [0.29, 0.717) is 22.4 Å². The summed E-state index contributed by atoms with van der Waals surface area (Å²) in [5.74, 6) is 0.503. The van der Waals surface area contributed by atoms with E-state index in [1.54, 1.807) is 6.20 Å². The second kappa shape index (κ2) is 7.26. The third kappa shape index (κ3) is 2.93. The molecule has 1 aliphatic rings. The quantitative estimate of drug-likeness (QED) is 0.289. The Morgan fingerprint density at radius 3 is 2.74 bits per heavy atom.